The van der Waals surface area contributed by atoms with Crippen molar-refractivity contribution in [2.24, 2.45) is 27.2 Å². The van der Waals surface area contributed by atoms with Gasteiger partial charge in [-0.2, -0.15) is 4.99 Å². The van der Waals surface area contributed by atoms with E-state index in [0.29, 0.717) is 0 Å². The molecule has 2 bridgehead atoms. The fraction of sp³-hybridized carbons (Fsp3) is 0.200. The number of hydrogen-bond donors (Lipinski definition) is 3. The van der Waals surface area contributed by atoms with E-state index in [2.05, 4.69) is 34.3 Å². The molecule has 0 atom stereocenters. The van der Waals surface area contributed by atoms with Gasteiger partial charge in [0, 0.05) is 7.05 Å². The summed E-state index contributed by atoms with van der Waals surface area (Å²) in [4.78, 5) is 15.1. The zero-order chi connectivity index (χ0) is 15.7. The number of aliphatic imine (C=N–C) groups is 2. The molecule has 0 spiro atoms. The second-order valence-corrected chi connectivity index (χ2v) is 3.81. The highest BCUT2D eigenvalue weighted by atomic mass is 35.5. The first kappa shape index (κ1) is 17.4. The lowest BCUT2D eigenvalue weighted by molar-refractivity contribution is -0.402. The molecule has 9 nitrogen and oxygen atoms in total. The zero-order valence-electron chi connectivity index (χ0n) is 10.6. The summed E-state index contributed by atoms with van der Waals surface area (Å²) >= 11 is 5.88. The predicted molar refractivity (Wildman–Crippen MR) is 78.7 cm³/mol. The lowest BCUT2D eigenvalue weighted by Gasteiger charge is -1.94. The van der Waals surface area contributed by atoms with E-state index >= 15 is 0 Å². The van der Waals surface area contributed by atoms with Crippen LogP contribution in [0.25, 0.3) is 0 Å². The van der Waals surface area contributed by atoms with Gasteiger partial charge in [0.25, 0.3) is 0 Å². The summed E-state index contributed by atoms with van der Waals surface area (Å²) in [6, 6.07) is 0. The standard InChI is InChI=1S/C7H5Cl.C3H9N5.NO3/c8-7-5-1-2-6(7)4-3-5;1-7-3(6)8-2(4)5;2-1(3)4/h1-4,7H;1H3,(H6,4,5,6,7,8);/q;;-1. The minimum absolute atomic E-state index is 0.0758. The third kappa shape index (κ3) is 7.01. The molecular weight excluding hydrogens is 288 g/mol. The van der Waals surface area contributed by atoms with E-state index in [-0.39, 0.29) is 17.3 Å². The summed E-state index contributed by atoms with van der Waals surface area (Å²) in [6.45, 7) is 0. The van der Waals surface area contributed by atoms with E-state index in [0.717, 1.165) is 0 Å². The molecule has 0 aromatic carbocycles. The van der Waals surface area contributed by atoms with Gasteiger partial charge in [-0.1, -0.05) is 24.3 Å². The van der Waals surface area contributed by atoms with Crippen LogP contribution < -0.4 is 17.2 Å². The highest BCUT2D eigenvalue weighted by molar-refractivity contribution is 6.25. The minimum Gasteiger partial charge on any atom is -0.370 e. The van der Waals surface area contributed by atoms with Crippen LogP contribution in [0.3, 0.4) is 0 Å². The molecule has 0 aliphatic heterocycles. The van der Waals surface area contributed by atoms with Gasteiger partial charge >= 0.3 is 0 Å². The third-order valence-electron chi connectivity index (χ3n) is 1.99. The van der Waals surface area contributed by atoms with Crippen molar-refractivity contribution in [1.29, 1.82) is 0 Å². The molecular formula is C10H14ClN6O3-. The van der Waals surface area contributed by atoms with Gasteiger partial charge in [0.2, 0.25) is 5.96 Å². The van der Waals surface area contributed by atoms with Crippen molar-refractivity contribution in [3.05, 3.63) is 50.8 Å². The summed E-state index contributed by atoms with van der Waals surface area (Å²) in [6.07, 6.45) is 8.25. The molecule has 6 N–H and O–H groups in total. The second-order valence-electron chi connectivity index (χ2n) is 3.37. The van der Waals surface area contributed by atoms with Crippen molar-refractivity contribution in [3.8, 4) is 0 Å². The summed E-state index contributed by atoms with van der Waals surface area (Å²) < 4.78 is 0. The van der Waals surface area contributed by atoms with Crippen LogP contribution in [0.1, 0.15) is 0 Å². The molecule has 2 rings (SSSR count). The third-order valence-corrected chi connectivity index (χ3v) is 2.50. The highest BCUT2D eigenvalue weighted by Crippen LogP contribution is 2.32. The van der Waals surface area contributed by atoms with Crippen molar-refractivity contribution in [2.45, 2.75) is 5.38 Å². The normalized spacial score (nSPS) is 15.2. The SMILES string of the molecule is CN=C(N)N=C(N)N.ClC1C2=CC=C1C=C2.O=[N+]([O-])[O-]. The Kier molecular flexibility index (Phi) is 7.45. The molecule has 0 radical (unpaired) electrons. The van der Waals surface area contributed by atoms with Crippen LogP contribution in [-0.2, 0) is 0 Å². The van der Waals surface area contributed by atoms with E-state index in [1.165, 1.54) is 18.2 Å². The quantitative estimate of drug-likeness (QED) is 0.187. The van der Waals surface area contributed by atoms with E-state index in [1.54, 1.807) is 0 Å². The summed E-state index contributed by atoms with van der Waals surface area (Å²) in [7, 11) is 1.50. The van der Waals surface area contributed by atoms with Crippen LogP contribution in [0.5, 0.6) is 0 Å². The first-order valence-electron chi connectivity index (χ1n) is 5.15. The Morgan fingerprint density at radius 2 is 1.65 bits per heavy atom. The van der Waals surface area contributed by atoms with Crippen LogP contribution in [-0.4, -0.2) is 29.4 Å². The highest BCUT2D eigenvalue weighted by Gasteiger charge is 2.21. The number of nitrogens with zero attached hydrogens (tertiary/aromatic N) is 3. The number of hydrogen-bond acceptors (Lipinski definition) is 4. The molecule has 0 saturated heterocycles. The molecule has 0 fully saturated rings. The molecule has 0 heterocycles. The molecule has 0 aromatic rings. The molecule has 2 aliphatic rings. The Labute approximate surface area is 119 Å². The smallest absolute Gasteiger partial charge is 0.218 e. The molecule has 110 valence electrons. The first-order valence-corrected chi connectivity index (χ1v) is 5.59. The Balaban J connectivity index is 0.000000289. The monoisotopic (exact) mass is 301 g/mol. The maximum absolute atomic E-state index is 8.25. The average Bonchev–Trinajstić information content (AvgIpc) is 2.87. The predicted octanol–water partition coefficient (Wildman–Crippen LogP) is -0.00480. The first-order chi connectivity index (χ1) is 9.27. The van der Waals surface area contributed by atoms with E-state index < -0.39 is 5.09 Å². The average molecular weight is 302 g/mol. The molecule has 0 unspecified atom stereocenters. The van der Waals surface area contributed by atoms with Gasteiger partial charge in [-0.05, 0) is 11.1 Å². The van der Waals surface area contributed by atoms with Crippen molar-refractivity contribution >= 4 is 23.5 Å². The van der Waals surface area contributed by atoms with E-state index in [1.807, 2.05) is 0 Å². The van der Waals surface area contributed by atoms with Crippen molar-refractivity contribution in [1.82, 2.24) is 0 Å². The maximum atomic E-state index is 8.25. The Hall–Kier alpha value is -2.55. The maximum Gasteiger partial charge on any atom is 0.218 e. The fourth-order valence-corrected chi connectivity index (χ4v) is 1.50. The van der Waals surface area contributed by atoms with Gasteiger partial charge in [0.05, 0.1) is 10.5 Å². The number of nitrogens with two attached hydrogens (primary N) is 3. The van der Waals surface area contributed by atoms with Gasteiger partial charge in [0.15, 0.2) is 5.96 Å². The van der Waals surface area contributed by atoms with Gasteiger partial charge in [-0.3, -0.25) is 4.99 Å². The summed E-state index contributed by atoms with van der Waals surface area (Å²) in [5.74, 6) is 0.0121. The molecule has 10 heteroatoms. The number of rotatable bonds is 0. The second kappa shape index (κ2) is 8.53. The van der Waals surface area contributed by atoms with Gasteiger partial charge in [-0.25, -0.2) is 0 Å². The van der Waals surface area contributed by atoms with Crippen molar-refractivity contribution in [3.63, 3.8) is 0 Å². The minimum atomic E-state index is -1.75. The number of fused-ring (bicyclic) bond motifs is 2. The molecule has 0 saturated carbocycles. The zero-order valence-corrected chi connectivity index (χ0v) is 11.3. The lowest BCUT2D eigenvalue weighted by atomic mass is 10.3. The summed E-state index contributed by atoms with van der Waals surface area (Å²) in [5.41, 5.74) is 17.4. The molecule has 0 amide bonds. The van der Waals surface area contributed by atoms with Crippen LogP contribution in [0.4, 0.5) is 0 Å². The number of allylic oxidation sites excluding steroid dienone is 6. The lowest BCUT2D eigenvalue weighted by Crippen LogP contribution is -2.26. The Bertz CT molecular complexity index is 479. The Morgan fingerprint density at radius 1 is 1.25 bits per heavy atom. The number of alkyl halides is 1. The van der Waals surface area contributed by atoms with Crippen molar-refractivity contribution < 1.29 is 5.09 Å². The van der Waals surface area contributed by atoms with Crippen molar-refractivity contribution in [2.75, 3.05) is 7.05 Å². The molecule has 20 heavy (non-hydrogen) atoms. The van der Waals surface area contributed by atoms with Gasteiger partial charge in [0.1, 0.15) is 0 Å². The largest absolute Gasteiger partial charge is 0.370 e. The fourth-order valence-electron chi connectivity index (χ4n) is 1.21. The molecule has 2 aliphatic carbocycles. The summed E-state index contributed by atoms with van der Waals surface area (Å²) in [5, 5.41) is 14.9. The number of guanidine groups is 2. The van der Waals surface area contributed by atoms with Crippen LogP contribution in [0.15, 0.2) is 45.4 Å². The van der Waals surface area contributed by atoms with E-state index in [9.17, 15) is 0 Å². The van der Waals surface area contributed by atoms with Crippen LogP contribution in [0, 0.1) is 15.3 Å². The number of halogens is 1. The van der Waals surface area contributed by atoms with Gasteiger partial charge in [-0.15, -0.1) is 11.6 Å². The molecule has 0 aromatic heterocycles. The Morgan fingerprint density at radius 3 is 1.75 bits per heavy atom. The topological polar surface area (TPSA) is 169 Å². The van der Waals surface area contributed by atoms with Crippen LogP contribution >= 0.6 is 11.6 Å². The van der Waals surface area contributed by atoms with Crippen LogP contribution in [0.2, 0.25) is 0 Å². The van der Waals surface area contributed by atoms with Gasteiger partial charge < -0.3 is 32.5 Å². The van der Waals surface area contributed by atoms with E-state index in [4.69, 9.17) is 44.1 Å².